The average Bonchev–Trinajstić information content (AvgIpc) is 2.12. The zero-order chi connectivity index (χ0) is 7.61. The number of nitrogens with one attached hydrogen (secondary N) is 1. The summed E-state index contributed by atoms with van der Waals surface area (Å²) in [5.74, 6) is -0.0201. The molecule has 0 saturated heterocycles. The van der Waals surface area contributed by atoms with Crippen molar-refractivity contribution in [3.05, 3.63) is 6.20 Å². The molecule has 0 unspecified atom stereocenters. The molecule has 0 atom stereocenters. The summed E-state index contributed by atoms with van der Waals surface area (Å²) in [4.78, 5) is 17.1. The first-order valence-corrected chi connectivity index (χ1v) is 4.82. The van der Waals surface area contributed by atoms with Crippen molar-refractivity contribution in [1.82, 2.24) is 15.4 Å². The van der Waals surface area contributed by atoms with Gasteiger partial charge in [0.05, 0.1) is 6.20 Å². The third-order valence-corrected chi connectivity index (χ3v) is 1.26. The minimum absolute atomic E-state index is 0.0201. The second-order valence-corrected chi connectivity index (χ2v) is 3.98. The lowest BCUT2D eigenvalue weighted by Gasteiger charge is -2.04. The molecule has 0 spiro atoms. The topological polar surface area (TPSA) is 91.3 Å². The van der Waals surface area contributed by atoms with Crippen LogP contribution < -0.4 is 4.52 Å². The molecular weight excluding hydrogens is 177 g/mol. The Morgan fingerprint density at radius 3 is 2.80 bits per heavy atom. The fraction of sp³-hybridized carbons (Fsp3) is 0. The summed E-state index contributed by atoms with van der Waals surface area (Å²) in [6, 6.07) is 0. The van der Waals surface area contributed by atoms with Gasteiger partial charge in [-0.25, -0.2) is 0 Å². The van der Waals surface area contributed by atoms with E-state index in [1.54, 1.807) is 0 Å². The van der Waals surface area contributed by atoms with Crippen LogP contribution in [0.1, 0.15) is 0 Å². The molecule has 1 rings (SSSR count). The third-order valence-electron chi connectivity index (χ3n) is 0.607. The fourth-order valence-electron chi connectivity index (χ4n) is 0.358. The molecule has 0 radical (unpaired) electrons. The van der Waals surface area contributed by atoms with Gasteiger partial charge in [-0.05, 0) is 0 Å². The normalized spacial score (nSPS) is 11.4. The van der Waals surface area contributed by atoms with E-state index in [2.05, 4.69) is 31.7 Å². The quantitative estimate of drug-likeness (QED) is 0.527. The number of aromatic nitrogens is 3. The van der Waals surface area contributed by atoms with Crippen molar-refractivity contribution in [1.29, 1.82) is 0 Å². The zero-order valence-electron chi connectivity index (χ0n) is 4.63. The van der Waals surface area contributed by atoms with Gasteiger partial charge in [-0.3, -0.25) is 5.10 Å². The number of hydrogen-bond acceptors (Lipinski definition) is 4. The van der Waals surface area contributed by atoms with E-state index in [-0.39, 0.29) is 5.88 Å². The zero-order valence-corrected chi connectivity index (χ0v) is 6.34. The average molecular weight is 181 g/mol. The first-order chi connectivity index (χ1) is 4.58. The van der Waals surface area contributed by atoms with Crippen molar-refractivity contribution in [2.75, 3.05) is 0 Å². The van der Waals surface area contributed by atoms with E-state index >= 15 is 0 Å². The molecule has 0 amide bonds. The van der Waals surface area contributed by atoms with Gasteiger partial charge < -0.3 is 14.3 Å². The second-order valence-electron chi connectivity index (χ2n) is 1.39. The maximum Gasteiger partial charge on any atom is 0.376 e. The summed E-state index contributed by atoms with van der Waals surface area (Å²) >= 11 is 4.15. The molecule has 1 aromatic rings. The Bertz CT molecular complexity index is 242. The highest BCUT2D eigenvalue weighted by Gasteiger charge is 2.10. The molecule has 0 fully saturated rings. The Balaban J connectivity index is 2.66. The van der Waals surface area contributed by atoms with Crippen LogP contribution in [-0.2, 0) is 11.8 Å². The lowest BCUT2D eigenvalue weighted by Crippen LogP contribution is -1.89. The number of rotatable bonds is 2. The molecule has 0 saturated carbocycles. The van der Waals surface area contributed by atoms with Gasteiger partial charge in [-0.1, -0.05) is 10.3 Å². The van der Waals surface area contributed by atoms with E-state index in [1.807, 2.05) is 0 Å². The SMILES string of the molecule is OP(O)(=S)Oc1c[nH]nn1. The summed E-state index contributed by atoms with van der Waals surface area (Å²) in [5.41, 5.74) is 0. The third kappa shape index (κ3) is 2.40. The largest absolute Gasteiger partial charge is 0.402 e. The highest BCUT2D eigenvalue weighted by atomic mass is 32.5. The molecule has 3 N–H and O–H groups in total. The molecule has 0 aliphatic carbocycles. The van der Waals surface area contributed by atoms with Gasteiger partial charge in [0.2, 0.25) is 0 Å². The summed E-state index contributed by atoms with van der Waals surface area (Å²) in [6.07, 6.45) is 1.26. The first kappa shape index (κ1) is 7.62. The van der Waals surface area contributed by atoms with E-state index in [0.29, 0.717) is 0 Å². The van der Waals surface area contributed by atoms with Gasteiger partial charge >= 0.3 is 6.72 Å². The maximum atomic E-state index is 8.57. The van der Waals surface area contributed by atoms with Crippen LogP contribution in [0.3, 0.4) is 0 Å². The first-order valence-electron chi connectivity index (χ1n) is 2.19. The lowest BCUT2D eigenvalue weighted by atomic mass is 10.9. The maximum absolute atomic E-state index is 8.57. The summed E-state index contributed by atoms with van der Waals surface area (Å²) in [5, 5.41) is 8.89. The molecule has 56 valence electrons. The van der Waals surface area contributed by atoms with Crippen LogP contribution in [-0.4, -0.2) is 25.2 Å². The van der Waals surface area contributed by atoms with Gasteiger partial charge in [0, 0.05) is 11.8 Å². The van der Waals surface area contributed by atoms with Crippen LogP contribution in [0.4, 0.5) is 0 Å². The molecular formula is C2H4N3O3PS. The number of H-pyrrole nitrogens is 1. The summed E-state index contributed by atoms with van der Waals surface area (Å²) in [7, 11) is 0. The predicted octanol–water partition coefficient (Wildman–Crippen LogP) is -0.607. The molecule has 8 heteroatoms. The minimum atomic E-state index is -3.64. The van der Waals surface area contributed by atoms with Crippen LogP contribution in [0.15, 0.2) is 6.20 Å². The van der Waals surface area contributed by atoms with Gasteiger partial charge in [0.15, 0.2) is 0 Å². The van der Waals surface area contributed by atoms with Gasteiger partial charge in [0.1, 0.15) is 0 Å². The molecule has 0 aliphatic rings. The van der Waals surface area contributed by atoms with Gasteiger partial charge in [0.25, 0.3) is 5.88 Å². The summed E-state index contributed by atoms with van der Waals surface area (Å²) < 4.78 is 4.37. The molecule has 1 aromatic heterocycles. The van der Waals surface area contributed by atoms with E-state index in [1.165, 1.54) is 6.20 Å². The van der Waals surface area contributed by atoms with Crippen LogP contribution in [0, 0.1) is 0 Å². The monoisotopic (exact) mass is 181 g/mol. The van der Waals surface area contributed by atoms with Crippen LogP contribution >= 0.6 is 6.72 Å². The Labute approximate surface area is 61.1 Å². The fourth-order valence-corrected chi connectivity index (χ4v) is 0.920. The number of aromatic amines is 1. The number of hydrogen-bond donors (Lipinski definition) is 3. The smallest absolute Gasteiger partial charge is 0.376 e. The van der Waals surface area contributed by atoms with Crippen LogP contribution in [0.25, 0.3) is 0 Å². The second kappa shape index (κ2) is 2.63. The highest BCUT2D eigenvalue weighted by molar-refractivity contribution is 8.06. The standard InChI is InChI=1S/C2H4N3O3PS/c6-9(7,10)8-2-1-3-5-4-2/h1H,(H,3,4,5)(H2,6,7,10). The van der Waals surface area contributed by atoms with Crippen molar-refractivity contribution in [3.63, 3.8) is 0 Å². The molecule has 0 bridgehead atoms. The minimum Gasteiger partial charge on any atom is -0.402 e. The Hall–Kier alpha value is -0.490. The molecule has 0 aromatic carbocycles. The highest BCUT2D eigenvalue weighted by Crippen LogP contribution is 2.36. The molecule has 10 heavy (non-hydrogen) atoms. The van der Waals surface area contributed by atoms with Crippen molar-refractivity contribution in [2.45, 2.75) is 0 Å². The molecule has 1 heterocycles. The Kier molecular flexibility index (Phi) is 2.00. The number of nitrogens with zero attached hydrogens (tertiary/aromatic N) is 2. The van der Waals surface area contributed by atoms with Crippen molar-refractivity contribution >= 4 is 18.5 Å². The van der Waals surface area contributed by atoms with Crippen LogP contribution in [0.5, 0.6) is 5.88 Å². The van der Waals surface area contributed by atoms with Crippen molar-refractivity contribution in [3.8, 4) is 5.88 Å². The molecule has 6 nitrogen and oxygen atoms in total. The molecule has 0 aliphatic heterocycles. The van der Waals surface area contributed by atoms with Crippen LogP contribution in [0.2, 0.25) is 0 Å². The van der Waals surface area contributed by atoms with E-state index < -0.39 is 6.72 Å². The van der Waals surface area contributed by atoms with E-state index in [4.69, 9.17) is 9.79 Å². The lowest BCUT2D eigenvalue weighted by molar-refractivity contribution is 0.364. The van der Waals surface area contributed by atoms with Crippen molar-refractivity contribution in [2.24, 2.45) is 0 Å². The van der Waals surface area contributed by atoms with Crippen molar-refractivity contribution < 1.29 is 14.3 Å². The van der Waals surface area contributed by atoms with E-state index in [0.717, 1.165) is 0 Å². The Morgan fingerprint density at radius 2 is 2.40 bits per heavy atom. The van der Waals surface area contributed by atoms with Gasteiger partial charge in [-0.15, -0.1) is 0 Å². The van der Waals surface area contributed by atoms with Gasteiger partial charge in [-0.2, -0.15) is 0 Å². The van der Waals surface area contributed by atoms with E-state index in [9.17, 15) is 0 Å². The summed E-state index contributed by atoms with van der Waals surface area (Å²) in [6.45, 7) is -3.64. The Morgan fingerprint density at radius 1 is 1.70 bits per heavy atom. The predicted molar refractivity (Wildman–Crippen MR) is 35.7 cm³/mol.